The van der Waals surface area contributed by atoms with Gasteiger partial charge in [-0.25, -0.2) is 6.08 Å². The smallest absolute Gasteiger partial charge is 0.271 e. The Kier molecular flexibility index (Phi) is 2.99. The van der Waals surface area contributed by atoms with Gasteiger partial charge in [0.15, 0.2) is 0 Å². The molecular weight excluding hydrogens is 67.0 g/mol. The summed E-state index contributed by atoms with van der Waals surface area (Å²) in [6, 6.07) is 0. The van der Waals surface area contributed by atoms with Crippen molar-refractivity contribution in [3.8, 4) is 0 Å². The van der Waals surface area contributed by atoms with Gasteiger partial charge in [-0.15, -0.1) is 6.08 Å². The van der Waals surface area contributed by atoms with E-state index in [0.29, 0.717) is 0 Å². The molecule has 1 aliphatic rings. The van der Waals surface area contributed by atoms with E-state index >= 15 is 0 Å². The molecule has 0 aromatic carbocycles. The van der Waals surface area contributed by atoms with E-state index in [1.165, 1.54) is 0 Å². The van der Waals surface area contributed by atoms with Crippen LogP contribution in [-0.4, -0.2) is 0 Å². The standard InChI is InChI=1S/C5H3.Li/c1-2-4-5-3-1;/h1-3H;/q-1;+1. The van der Waals surface area contributed by atoms with Crippen LogP contribution in [0.4, 0.5) is 0 Å². The van der Waals surface area contributed by atoms with Gasteiger partial charge in [0, 0.05) is 0 Å². The Morgan fingerprint density at radius 2 is 2.33 bits per heavy atom. The summed E-state index contributed by atoms with van der Waals surface area (Å²) in [7, 11) is 0. The van der Waals surface area contributed by atoms with Crippen LogP contribution in [0.3, 0.4) is 0 Å². The van der Waals surface area contributed by atoms with Crippen LogP contribution in [0.25, 0.3) is 0 Å². The van der Waals surface area contributed by atoms with Gasteiger partial charge < -0.3 is 0 Å². The predicted molar refractivity (Wildman–Crippen MR) is 20.5 cm³/mol. The van der Waals surface area contributed by atoms with E-state index in [1.807, 2.05) is 18.2 Å². The molecular formula is C5H3Li. The maximum absolute atomic E-state index is 2.74. The van der Waals surface area contributed by atoms with Crippen molar-refractivity contribution < 1.29 is 18.9 Å². The van der Waals surface area contributed by atoms with Crippen LogP contribution in [-0.2, 0) is 0 Å². The van der Waals surface area contributed by atoms with E-state index in [-0.39, 0.29) is 18.9 Å². The first kappa shape index (κ1) is 5.86. The van der Waals surface area contributed by atoms with Crippen LogP contribution in [0, 0.1) is 6.08 Å². The SMILES string of the molecule is C1=[C-]C=CC=1.[Li+]. The Bertz CT molecular complexity index is 95.1. The van der Waals surface area contributed by atoms with Crippen LogP contribution < -0.4 is 18.9 Å². The van der Waals surface area contributed by atoms with Gasteiger partial charge >= 0.3 is 18.9 Å². The first-order valence-electron chi connectivity index (χ1n) is 1.49. The third-order valence-electron chi connectivity index (χ3n) is 0.442. The molecule has 0 radical (unpaired) electrons. The molecule has 0 heterocycles. The third-order valence-corrected chi connectivity index (χ3v) is 0.442. The van der Waals surface area contributed by atoms with Crippen molar-refractivity contribution in [3.05, 3.63) is 30.0 Å². The number of allylic oxidation sites excluding steroid dienone is 3. The maximum Gasteiger partial charge on any atom is 1.00 e. The van der Waals surface area contributed by atoms with E-state index in [2.05, 4.69) is 11.8 Å². The third kappa shape index (κ3) is 1.33. The minimum atomic E-state index is 0. The van der Waals surface area contributed by atoms with Crippen molar-refractivity contribution in [2.75, 3.05) is 0 Å². The number of hydrogen-bond donors (Lipinski definition) is 0. The molecule has 1 rings (SSSR count). The summed E-state index contributed by atoms with van der Waals surface area (Å²) in [5.74, 6) is 0. The first-order valence-corrected chi connectivity index (χ1v) is 1.49. The molecule has 0 aliphatic heterocycles. The molecule has 0 aromatic rings. The minimum Gasteiger partial charge on any atom is -0.271 e. The van der Waals surface area contributed by atoms with Crippen molar-refractivity contribution in [1.29, 1.82) is 0 Å². The van der Waals surface area contributed by atoms with Gasteiger partial charge in [0.05, 0.1) is 0 Å². The zero-order valence-corrected chi connectivity index (χ0v) is 3.73. The predicted octanol–water partition coefficient (Wildman–Crippen LogP) is -1.93. The zero-order valence-electron chi connectivity index (χ0n) is 3.73. The summed E-state index contributed by atoms with van der Waals surface area (Å²) in [5.41, 5.74) is 2.74. The number of hydrogen-bond acceptors (Lipinski definition) is 0. The second-order valence-electron chi connectivity index (χ2n) is 0.814. The van der Waals surface area contributed by atoms with Crippen LogP contribution in [0.2, 0.25) is 0 Å². The van der Waals surface area contributed by atoms with Crippen molar-refractivity contribution >= 4 is 0 Å². The quantitative estimate of drug-likeness (QED) is 0.177. The monoisotopic (exact) mass is 70.0 g/mol. The molecule has 1 aliphatic carbocycles. The van der Waals surface area contributed by atoms with Gasteiger partial charge in [-0.05, 0) is 0 Å². The van der Waals surface area contributed by atoms with E-state index in [0.717, 1.165) is 0 Å². The molecule has 6 heavy (non-hydrogen) atoms. The van der Waals surface area contributed by atoms with Crippen LogP contribution in [0.5, 0.6) is 0 Å². The van der Waals surface area contributed by atoms with E-state index in [1.54, 1.807) is 0 Å². The fourth-order valence-electron chi connectivity index (χ4n) is 0.241. The maximum atomic E-state index is 2.74. The normalized spacial score (nSPS) is 12.0. The van der Waals surface area contributed by atoms with E-state index in [4.69, 9.17) is 0 Å². The zero-order chi connectivity index (χ0) is 3.54. The molecule has 1 heteroatoms. The molecule has 0 aromatic heterocycles. The molecule has 0 saturated carbocycles. The Morgan fingerprint density at radius 1 is 1.50 bits per heavy atom. The molecule has 0 bridgehead atoms. The summed E-state index contributed by atoms with van der Waals surface area (Å²) >= 11 is 0. The van der Waals surface area contributed by atoms with Crippen molar-refractivity contribution in [1.82, 2.24) is 0 Å². The molecule has 0 amide bonds. The van der Waals surface area contributed by atoms with Crippen LogP contribution in [0.15, 0.2) is 24.0 Å². The molecule has 0 nitrogen and oxygen atoms in total. The topological polar surface area (TPSA) is 0 Å². The fraction of sp³-hybridized carbons (Fsp3) is 0. The minimum absolute atomic E-state index is 0. The summed E-state index contributed by atoms with van der Waals surface area (Å²) in [6.45, 7) is 0. The van der Waals surface area contributed by atoms with E-state index < -0.39 is 0 Å². The van der Waals surface area contributed by atoms with Gasteiger partial charge in [-0.3, -0.25) is 5.73 Å². The van der Waals surface area contributed by atoms with Gasteiger partial charge in [-0.2, -0.15) is 12.2 Å². The van der Waals surface area contributed by atoms with Gasteiger partial charge in [0.1, 0.15) is 0 Å². The molecule has 24 valence electrons. The average Bonchev–Trinajstić information content (AvgIpc) is 1.76. The summed E-state index contributed by atoms with van der Waals surface area (Å²) in [4.78, 5) is 0. The Balaban J connectivity index is 0.000000250. The summed E-state index contributed by atoms with van der Waals surface area (Å²) < 4.78 is 0. The summed E-state index contributed by atoms with van der Waals surface area (Å²) in [5, 5.41) is 0. The molecule has 0 N–H and O–H groups in total. The Labute approximate surface area is 49.4 Å². The Hall–Kier alpha value is -0.143. The van der Waals surface area contributed by atoms with Crippen molar-refractivity contribution in [2.24, 2.45) is 0 Å². The van der Waals surface area contributed by atoms with Gasteiger partial charge in [0.25, 0.3) is 0 Å². The van der Waals surface area contributed by atoms with Gasteiger partial charge in [0.2, 0.25) is 0 Å². The first-order chi connectivity index (χ1) is 2.50. The van der Waals surface area contributed by atoms with Crippen molar-refractivity contribution in [2.45, 2.75) is 0 Å². The largest absolute Gasteiger partial charge is 1.00 e. The number of rotatable bonds is 0. The molecule has 0 saturated heterocycles. The van der Waals surface area contributed by atoms with Crippen LogP contribution in [0.1, 0.15) is 0 Å². The second-order valence-corrected chi connectivity index (χ2v) is 0.814. The fourth-order valence-corrected chi connectivity index (χ4v) is 0.241. The second kappa shape index (κ2) is 3.06. The molecule has 0 atom stereocenters. The average molecular weight is 70.0 g/mol. The molecule has 0 spiro atoms. The van der Waals surface area contributed by atoms with Crippen molar-refractivity contribution in [3.63, 3.8) is 0 Å². The van der Waals surface area contributed by atoms with E-state index in [9.17, 15) is 0 Å². The molecule has 0 unspecified atom stereocenters. The molecule has 0 fully saturated rings. The van der Waals surface area contributed by atoms with Gasteiger partial charge in [-0.1, -0.05) is 0 Å². The summed E-state index contributed by atoms with van der Waals surface area (Å²) in [6.07, 6.45) is 8.26. The van der Waals surface area contributed by atoms with Crippen LogP contribution >= 0.6 is 0 Å². The Morgan fingerprint density at radius 3 is 2.50 bits per heavy atom.